The molecule has 1 N–H and O–H groups in total. The zero-order valence-corrected chi connectivity index (χ0v) is 20.4. The lowest BCUT2D eigenvalue weighted by molar-refractivity contribution is -0.380. The largest absolute Gasteiger partial charge is 0.459 e. The van der Waals surface area contributed by atoms with Crippen LogP contribution in [0.2, 0.25) is 0 Å². The monoisotopic (exact) mass is 497 g/mol. The Morgan fingerprint density at radius 1 is 1.21 bits per heavy atom. The Balaban J connectivity index is 2.13. The van der Waals surface area contributed by atoms with Crippen LogP contribution in [0.1, 0.15) is 43.6 Å². The fourth-order valence-corrected chi connectivity index (χ4v) is 5.23. The molecule has 0 aliphatic rings. The Morgan fingerprint density at radius 2 is 1.88 bits per heavy atom. The number of nitrogens with zero attached hydrogens (tertiary/aromatic N) is 2. The second-order valence-electron chi connectivity index (χ2n) is 7.47. The summed E-state index contributed by atoms with van der Waals surface area (Å²) in [7, 11) is -3.75. The van der Waals surface area contributed by atoms with Gasteiger partial charge in [0.2, 0.25) is 10.0 Å². The van der Waals surface area contributed by atoms with Gasteiger partial charge in [-0.25, -0.2) is 13.2 Å². The van der Waals surface area contributed by atoms with Crippen molar-refractivity contribution >= 4 is 38.2 Å². The Labute approximate surface area is 196 Å². The minimum atomic E-state index is -3.75. The highest BCUT2D eigenvalue weighted by Gasteiger charge is 2.28. The van der Waals surface area contributed by atoms with E-state index in [1.165, 1.54) is 40.0 Å². The van der Waals surface area contributed by atoms with Gasteiger partial charge in [0.15, 0.2) is 0 Å². The molecule has 10 nitrogen and oxygen atoms in total. The Kier molecular flexibility index (Phi) is 9.08. The Bertz CT molecular complexity index is 1110. The van der Waals surface area contributed by atoms with Crippen molar-refractivity contribution in [3.05, 3.63) is 57.0 Å². The highest BCUT2D eigenvalue weighted by atomic mass is 32.2. The molecular weight excluding hydrogens is 470 g/mol. The van der Waals surface area contributed by atoms with Gasteiger partial charge in [-0.15, -0.1) is 0 Å². The number of hydrogen-bond donors (Lipinski definition) is 1. The zero-order valence-electron chi connectivity index (χ0n) is 18.8. The molecule has 2 rings (SSSR count). The van der Waals surface area contributed by atoms with Crippen molar-refractivity contribution in [1.29, 1.82) is 0 Å². The summed E-state index contributed by atoms with van der Waals surface area (Å²) >= 11 is 0.928. The van der Waals surface area contributed by atoms with Gasteiger partial charge in [0, 0.05) is 35.7 Å². The second kappa shape index (κ2) is 11.3. The molecule has 0 saturated heterocycles. The minimum absolute atomic E-state index is 0.0124. The third-order valence-corrected chi connectivity index (χ3v) is 7.82. The van der Waals surface area contributed by atoms with Gasteiger partial charge in [-0.05, 0) is 24.1 Å². The fraction of sp³-hybridized carbons (Fsp3) is 0.429. The minimum Gasteiger partial charge on any atom is -0.459 e. The van der Waals surface area contributed by atoms with Gasteiger partial charge < -0.3 is 10.1 Å². The summed E-state index contributed by atoms with van der Waals surface area (Å²) in [6, 6.07) is 5.95. The molecule has 0 spiro atoms. The van der Waals surface area contributed by atoms with Crippen LogP contribution in [0.4, 0.5) is 5.00 Å². The molecule has 0 radical (unpaired) electrons. The molecule has 33 heavy (non-hydrogen) atoms. The van der Waals surface area contributed by atoms with E-state index in [9.17, 15) is 28.1 Å². The van der Waals surface area contributed by atoms with Gasteiger partial charge in [0.25, 0.3) is 5.91 Å². The average molecular weight is 498 g/mol. The number of carbonyl (C=O) groups is 2. The van der Waals surface area contributed by atoms with Gasteiger partial charge in [-0.2, -0.15) is 4.31 Å². The van der Waals surface area contributed by atoms with Gasteiger partial charge >= 0.3 is 11.0 Å². The van der Waals surface area contributed by atoms with Crippen molar-refractivity contribution in [2.45, 2.75) is 45.2 Å². The third kappa shape index (κ3) is 6.59. The third-order valence-electron chi connectivity index (χ3n) is 4.85. The molecule has 0 fully saturated rings. The predicted molar refractivity (Wildman–Crippen MR) is 123 cm³/mol. The number of benzene rings is 1. The SMILES string of the molecule is CCN(CC)S(=O)(=O)c1cccc(C(=O)N[C@H](C(=O)OCc2csc([N+](=O)[O-])c2)C(C)C)c1. The maximum absolute atomic E-state index is 12.8. The number of nitrogens with one attached hydrogen (secondary N) is 1. The van der Waals surface area contributed by atoms with E-state index < -0.39 is 32.9 Å². The van der Waals surface area contributed by atoms with E-state index in [1.54, 1.807) is 27.7 Å². The van der Waals surface area contributed by atoms with E-state index in [-0.39, 0.29) is 28.0 Å². The van der Waals surface area contributed by atoms with Crippen LogP contribution in [-0.2, 0) is 26.2 Å². The first-order chi connectivity index (χ1) is 15.5. The van der Waals surface area contributed by atoms with Crippen molar-refractivity contribution in [3.63, 3.8) is 0 Å². The van der Waals surface area contributed by atoms with Crippen molar-refractivity contribution in [2.75, 3.05) is 13.1 Å². The summed E-state index contributed by atoms with van der Waals surface area (Å²) < 4.78 is 32.0. The van der Waals surface area contributed by atoms with E-state index in [4.69, 9.17) is 4.74 Å². The molecule has 1 aromatic carbocycles. The normalized spacial score (nSPS) is 12.5. The van der Waals surface area contributed by atoms with Crippen LogP contribution >= 0.6 is 11.3 Å². The summed E-state index contributed by atoms with van der Waals surface area (Å²) in [6.45, 7) is 7.33. The van der Waals surface area contributed by atoms with Crippen LogP contribution in [0.15, 0.2) is 40.6 Å². The topological polar surface area (TPSA) is 136 Å². The number of amides is 1. The summed E-state index contributed by atoms with van der Waals surface area (Å²) in [5.41, 5.74) is 0.568. The lowest BCUT2D eigenvalue weighted by Crippen LogP contribution is -2.45. The molecule has 12 heteroatoms. The lowest BCUT2D eigenvalue weighted by Gasteiger charge is -2.21. The molecule has 0 aliphatic carbocycles. The molecular formula is C21H27N3O7S2. The van der Waals surface area contributed by atoms with Crippen LogP contribution in [0.3, 0.4) is 0 Å². The number of hydrogen-bond acceptors (Lipinski definition) is 8. The van der Waals surface area contributed by atoms with E-state index in [0.717, 1.165) is 11.3 Å². The van der Waals surface area contributed by atoms with Crippen LogP contribution in [0.25, 0.3) is 0 Å². The molecule has 0 unspecified atom stereocenters. The van der Waals surface area contributed by atoms with Crippen LogP contribution in [-0.4, -0.2) is 48.7 Å². The zero-order chi connectivity index (χ0) is 24.8. The first kappa shape index (κ1) is 26.4. The van der Waals surface area contributed by atoms with Gasteiger partial charge in [-0.1, -0.05) is 45.1 Å². The van der Waals surface area contributed by atoms with E-state index >= 15 is 0 Å². The molecule has 1 aromatic heterocycles. The van der Waals surface area contributed by atoms with E-state index in [0.29, 0.717) is 18.7 Å². The number of sulfonamides is 1. The molecule has 2 aromatic rings. The van der Waals surface area contributed by atoms with Crippen LogP contribution in [0.5, 0.6) is 0 Å². The van der Waals surface area contributed by atoms with Crippen LogP contribution < -0.4 is 5.32 Å². The molecule has 1 amide bonds. The summed E-state index contributed by atoms with van der Waals surface area (Å²) in [5.74, 6) is -1.63. The van der Waals surface area contributed by atoms with Crippen molar-refractivity contribution in [1.82, 2.24) is 9.62 Å². The number of rotatable bonds is 11. The molecule has 0 aliphatic heterocycles. The highest BCUT2D eigenvalue weighted by Crippen LogP contribution is 2.23. The van der Waals surface area contributed by atoms with Crippen LogP contribution in [0, 0.1) is 16.0 Å². The van der Waals surface area contributed by atoms with Crippen molar-refractivity contribution in [2.24, 2.45) is 5.92 Å². The predicted octanol–water partition coefficient (Wildman–Crippen LogP) is 3.18. The van der Waals surface area contributed by atoms with Gasteiger partial charge in [-0.3, -0.25) is 14.9 Å². The summed E-state index contributed by atoms with van der Waals surface area (Å²) in [6.07, 6.45) is 0. The average Bonchev–Trinajstić information content (AvgIpc) is 3.25. The second-order valence-corrected chi connectivity index (χ2v) is 10.3. The number of thiophene rings is 1. The summed E-state index contributed by atoms with van der Waals surface area (Å²) in [4.78, 5) is 35.6. The van der Waals surface area contributed by atoms with E-state index in [1.807, 2.05) is 0 Å². The molecule has 0 bridgehead atoms. The van der Waals surface area contributed by atoms with Gasteiger partial charge in [0.05, 0.1) is 9.82 Å². The van der Waals surface area contributed by atoms with E-state index in [2.05, 4.69) is 5.32 Å². The Hall–Kier alpha value is -2.83. The Morgan fingerprint density at radius 3 is 2.42 bits per heavy atom. The molecule has 0 saturated carbocycles. The molecule has 180 valence electrons. The molecule has 1 atom stereocenters. The van der Waals surface area contributed by atoms with Gasteiger partial charge in [0.1, 0.15) is 12.6 Å². The molecule has 1 heterocycles. The van der Waals surface area contributed by atoms with Crippen molar-refractivity contribution < 1.29 is 27.7 Å². The number of nitro groups is 1. The maximum atomic E-state index is 12.8. The standard InChI is InChI=1S/C21H27N3O7S2/c1-5-23(6-2)33(29,30)17-9-7-8-16(11-17)20(25)22-19(14(3)4)21(26)31-12-15-10-18(24(27)28)32-13-15/h7-11,13-14,19H,5-6,12H2,1-4H3,(H,22,25)/t19-/m0/s1. The first-order valence-electron chi connectivity index (χ1n) is 10.3. The smallest absolute Gasteiger partial charge is 0.329 e. The summed E-state index contributed by atoms with van der Waals surface area (Å²) in [5, 5.41) is 14.8. The fourth-order valence-electron chi connectivity index (χ4n) is 3.01. The first-order valence-corrected chi connectivity index (χ1v) is 12.6. The number of esters is 1. The van der Waals surface area contributed by atoms with Crippen molar-refractivity contribution in [3.8, 4) is 0 Å². The lowest BCUT2D eigenvalue weighted by atomic mass is 10.0. The maximum Gasteiger partial charge on any atom is 0.329 e. The quantitative estimate of drug-likeness (QED) is 0.286. The highest BCUT2D eigenvalue weighted by molar-refractivity contribution is 7.89. The number of ether oxygens (including phenoxy) is 1. The number of carbonyl (C=O) groups excluding carboxylic acids is 2.